The summed E-state index contributed by atoms with van der Waals surface area (Å²) in [6, 6.07) is 6.78. The van der Waals surface area contributed by atoms with Crippen LogP contribution < -0.4 is 5.32 Å². The molecule has 22 heavy (non-hydrogen) atoms. The zero-order chi connectivity index (χ0) is 15.9. The number of hydrogen-bond acceptors (Lipinski definition) is 3. The first-order chi connectivity index (χ1) is 10.5. The summed E-state index contributed by atoms with van der Waals surface area (Å²) in [7, 11) is 0. The molecule has 1 aliphatic rings. The van der Waals surface area contributed by atoms with Gasteiger partial charge in [0.25, 0.3) is 0 Å². The van der Waals surface area contributed by atoms with Gasteiger partial charge in [0.05, 0.1) is 12.2 Å². The molecule has 3 nitrogen and oxygen atoms in total. The van der Waals surface area contributed by atoms with Gasteiger partial charge < -0.3 is 10.1 Å². The summed E-state index contributed by atoms with van der Waals surface area (Å²) in [6.07, 6.45) is 3.27. The third kappa shape index (κ3) is 6.07. The average Bonchev–Trinajstić information content (AvgIpc) is 2.40. The van der Waals surface area contributed by atoms with Crippen LogP contribution >= 0.6 is 0 Å². The van der Waals surface area contributed by atoms with Crippen molar-refractivity contribution in [3.8, 4) is 0 Å². The van der Waals surface area contributed by atoms with E-state index >= 15 is 0 Å². The van der Waals surface area contributed by atoms with E-state index in [9.17, 15) is 0 Å². The average molecular weight is 304 g/mol. The van der Waals surface area contributed by atoms with E-state index in [1.807, 2.05) is 0 Å². The molecule has 0 radical (unpaired) electrons. The van der Waals surface area contributed by atoms with Crippen molar-refractivity contribution in [2.24, 2.45) is 0 Å². The van der Waals surface area contributed by atoms with E-state index in [0.717, 1.165) is 26.2 Å². The molecule has 1 heterocycles. The van der Waals surface area contributed by atoms with Gasteiger partial charge in [0.2, 0.25) is 0 Å². The Morgan fingerprint density at radius 1 is 1.05 bits per heavy atom. The summed E-state index contributed by atoms with van der Waals surface area (Å²) in [5.41, 5.74) is 4.10. The Morgan fingerprint density at radius 2 is 1.68 bits per heavy atom. The Labute approximate surface area is 136 Å². The third-order valence-corrected chi connectivity index (χ3v) is 4.18. The number of hydrogen-bond donors (Lipinski definition) is 1. The van der Waals surface area contributed by atoms with Crippen LogP contribution in [0.4, 0.5) is 0 Å². The number of rotatable bonds is 7. The standard InChI is InChI=1S/C19H32N2O/c1-15-9-16(2)11-19(10-15)12-20-7-5-6-8-21-13-17(3)22-18(4)14-21/h9-11,17-18,20H,5-8,12-14H2,1-4H3. The van der Waals surface area contributed by atoms with Gasteiger partial charge in [-0.3, -0.25) is 4.90 Å². The molecule has 0 aromatic heterocycles. The second-order valence-electron chi connectivity index (χ2n) is 6.90. The molecule has 2 rings (SSSR count). The van der Waals surface area contributed by atoms with Gasteiger partial charge in [-0.1, -0.05) is 29.3 Å². The van der Waals surface area contributed by atoms with Crippen molar-refractivity contribution >= 4 is 0 Å². The van der Waals surface area contributed by atoms with Crippen LogP contribution in [-0.2, 0) is 11.3 Å². The summed E-state index contributed by atoms with van der Waals surface area (Å²) >= 11 is 0. The molecule has 0 amide bonds. The Hall–Kier alpha value is -0.900. The summed E-state index contributed by atoms with van der Waals surface area (Å²) in [5.74, 6) is 0. The van der Waals surface area contributed by atoms with Crippen LogP contribution in [0.1, 0.15) is 43.4 Å². The first kappa shape index (κ1) is 17.5. The maximum Gasteiger partial charge on any atom is 0.0678 e. The highest BCUT2D eigenvalue weighted by molar-refractivity contribution is 5.28. The topological polar surface area (TPSA) is 24.5 Å². The van der Waals surface area contributed by atoms with Crippen LogP contribution in [0.2, 0.25) is 0 Å². The highest BCUT2D eigenvalue weighted by atomic mass is 16.5. The van der Waals surface area contributed by atoms with Crippen LogP contribution in [0.3, 0.4) is 0 Å². The number of unbranched alkanes of at least 4 members (excludes halogenated alkanes) is 1. The van der Waals surface area contributed by atoms with Gasteiger partial charge in [-0.2, -0.15) is 0 Å². The fourth-order valence-electron chi connectivity index (χ4n) is 3.46. The van der Waals surface area contributed by atoms with Crippen molar-refractivity contribution < 1.29 is 4.74 Å². The summed E-state index contributed by atoms with van der Waals surface area (Å²) in [6.45, 7) is 14.1. The summed E-state index contributed by atoms with van der Waals surface area (Å²) in [4.78, 5) is 2.54. The van der Waals surface area contributed by atoms with E-state index < -0.39 is 0 Å². The molecule has 1 N–H and O–H groups in total. The largest absolute Gasteiger partial charge is 0.373 e. The molecule has 124 valence electrons. The Balaban J connectivity index is 1.57. The predicted octanol–water partition coefficient (Wildman–Crippen LogP) is 3.28. The molecule has 2 atom stereocenters. The highest BCUT2D eigenvalue weighted by Gasteiger charge is 2.21. The number of ether oxygens (including phenoxy) is 1. The van der Waals surface area contributed by atoms with Gasteiger partial charge in [-0.05, 0) is 59.2 Å². The van der Waals surface area contributed by atoms with E-state index in [-0.39, 0.29) is 0 Å². The molecule has 0 saturated carbocycles. The zero-order valence-corrected chi connectivity index (χ0v) is 14.7. The monoisotopic (exact) mass is 304 g/mol. The van der Waals surface area contributed by atoms with Crippen molar-refractivity contribution in [2.45, 2.75) is 59.3 Å². The molecule has 3 heteroatoms. The van der Waals surface area contributed by atoms with Gasteiger partial charge >= 0.3 is 0 Å². The van der Waals surface area contributed by atoms with Gasteiger partial charge in [-0.15, -0.1) is 0 Å². The summed E-state index contributed by atoms with van der Waals surface area (Å²) in [5, 5.41) is 3.57. The molecule has 1 fully saturated rings. The quantitative estimate of drug-likeness (QED) is 0.782. The van der Waals surface area contributed by atoms with Gasteiger partial charge in [0.1, 0.15) is 0 Å². The smallest absolute Gasteiger partial charge is 0.0678 e. The second kappa shape index (κ2) is 8.66. The van der Waals surface area contributed by atoms with E-state index in [2.05, 4.69) is 56.1 Å². The molecule has 1 aliphatic heterocycles. The van der Waals surface area contributed by atoms with E-state index in [1.165, 1.54) is 36.1 Å². The fourth-order valence-corrected chi connectivity index (χ4v) is 3.46. The van der Waals surface area contributed by atoms with Gasteiger partial charge in [0, 0.05) is 19.6 Å². The van der Waals surface area contributed by atoms with E-state index in [4.69, 9.17) is 4.74 Å². The minimum atomic E-state index is 0.381. The second-order valence-corrected chi connectivity index (χ2v) is 6.90. The Bertz CT molecular complexity index is 430. The number of morpholine rings is 1. The fraction of sp³-hybridized carbons (Fsp3) is 0.684. The number of aryl methyl sites for hydroxylation is 2. The SMILES string of the molecule is Cc1cc(C)cc(CNCCCCN2CC(C)OC(C)C2)c1. The minimum absolute atomic E-state index is 0.381. The molecular formula is C19H32N2O. The molecule has 2 unspecified atom stereocenters. The molecule has 1 aromatic carbocycles. The van der Waals surface area contributed by atoms with Crippen molar-refractivity contribution in [2.75, 3.05) is 26.2 Å². The molecule has 1 aromatic rings. The maximum absolute atomic E-state index is 5.78. The van der Waals surface area contributed by atoms with Crippen LogP contribution in [0.25, 0.3) is 0 Å². The molecular weight excluding hydrogens is 272 g/mol. The zero-order valence-electron chi connectivity index (χ0n) is 14.7. The number of nitrogens with one attached hydrogen (secondary N) is 1. The molecule has 0 bridgehead atoms. The van der Waals surface area contributed by atoms with Crippen molar-refractivity contribution in [1.29, 1.82) is 0 Å². The predicted molar refractivity (Wildman–Crippen MR) is 93.3 cm³/mol. The lowest BCUT2D eigenvalue weighted by molar-refractivity contribution is -0.0681. The molecule has 0 aliphatic carbocycles. The normalized spacial score (nSPS) is 22.9. The lowest BCUT2D eigenvalue weighted by atomic mass is 10.1. The third-order valence-electron chi connectivity index (χ3n) is 4.18. The van der Waals surface area contributed by atoms with E-state index in [0.29, 0.717) is 12.2 Å². The van der Waals surface area contributed by atoms with Crippen molar-refractivity contribution in [3.05, 3.63) is 34.9 Å². The number of nitrogens with zero attached hydrogens (tertiary/aromatic N) is 1. The number of benzene rings is 1. The van der Waals surface area contributed by atoms with Gasteiger partial charge in [0.15, 0.2) is 0 Å². The van der Waals surface area contributed by atoms with E-state index in [1.54, 1.807) is 0 Å². The lowest BCUT2D eigenvalue weighted by Gasteiger charge is -2.35. The Morgan fingerprint density at radius 3 is 2.32 bits per heavy atom. The first-order valence-electron chi connectivity index (χ1n) is 8.68. The summed E-state index contributed by atoms with van der Waals surface area (Å²) < 4.78 is 5.78. The van der Waals surface area contributed by atoms with Crippen LogP contribution in [0, 0.1) is 13.8 Å². The van der Waals surface area contributed by atoms with Crippen molar-refractivity contribution in [1.82, 2.24) is 10.2 Å². The van der Waals surface area contributed by atoms with Gasteiger partial charge in [-0.25, -0.2) is 0 Å². The maximum atomic E-state index is 5.78. The van der Waals surface area contributed by atoms with Crippen LogP contribution in [0.5, 0.6) is 0 Å². The van der Waals surface area contributed by atoms with Crippen LogP contribution in [-0.4, -0.2) is 43.3 Å². The molecule has 1 saturated heterocycles. The first-order valence-corrected chi connectivity index (χ1v) is 8.68. The highest BCUT2D eigenvalue weighted by Crippen LogP contribution is 2.11. The molecule has 0 spiro atoms. The van der Waals surface area contributed by atoms with Crippen molar-refractivity contribution in [3.63, 3.8) is 0 Å². The minimum Gasteiger partial charge on any atom is -0.373 e. The van der Waals surface area contributed by atoms with Crippen LogP contribution in [0.15, 0.2) is 18.2 Å². The Kier molecular flexibility index (Phi) is 6.87. The lowest BCUT2D eigenvalue weighted by Crippen LogP contribution is -2.45.